The van der Waals surface area contributed by atoms with Gasteiger partial charge in [-0.3, -0.25) is 14.5 Å². The van der Waals surface area contributed by atoms with Gasteiger partial charge in [-0.25, -0.2) is 9.97 Å². The maximum Gasteiger partial charge on any atom is 0.233 e. The minimum Gasteiger partial charge on any atom is -0.454 e. The molecule has 0 unspecified atom stereocenters. The number of thioether (sulfide) groups is 1. The number of benzene rings is 1. The molecule has 0 saturated carbocycles. The molecule has 0 atom stereocenters. The Morgan fingerprint density at radius 3 is 2.33 bits per heavy atom. The molecule has 210 valence electrons. The van der Waals surface area contributed by atoms with Crippen LogP contribution in [0.25, 0.3) is 0 Å². The third-order valence-corrected chi connectivity index (χ3v) is 8.11. The summed E-state index contributed by atoms with van der Waals surface area (Å²) in [6.45, 7) is 12.5. The summed E-state index contributed by atoms with van der Waals surface area (Å²) in [6, 6.07) is 7.79. The van der Waals surface area contributed by atoms with Crippen LogP contribution in [-0.4, -0.2) is 101 Å². The Hall–Kier alpha value is -2.76. The smallest absolute Gasteiger partial charge is 0.233 e. The van der Waals surface area contributed by atoms with Gasteiger partial charge in [0.1, 0.15) is 11.0 Å². The minimum absolute atomic E-state index is 0.0714. The van der Waals surface area contributed by atoms with Crippen LogP contribution in [0.5, 0.6) is 11.5 Å². The number of carbonyl (C=O) groups is 2. The second-order valence-corrected chi connectivity index (χ2v) is 12.3. The summed E-state index contributed by atoms with van der Waals surface area (Å²) in [5.41, 5.74) is 0.780. The first-order chi connectivity index (χ1) is 18.7. The van der Waals surface area contributed by atoms with Gasteiger partial charge in [-0.05, 0) is 17.7 Å². The molecular formula is C27H35ClN6O4S. The van der Waals surface area contributed by atoms with E-state index in [0.29, 0.717) is 49.6 Å². The maximum absolute atomic E-state index is 12.9. The summed E-state index contributed by atoms with van der Waals surface area (Å²) in [7, 11) is 0. The molecule has 12 heteroatoms. The van der Waals surface area contributed by atoms with E-state index in [9.17, 15) is 9.59 Å². The fourth-order valence-electron chi connectivity index (χ4n) is 4.90. The molecule has 5 rings (SSSR count). The van der Waals surface area contributed by atoms with E-state index >= 15 is 0 Å². The Kier molecular flexibility index (Phi) is 8.39. The van der Waals surface area contributed by atoms with Crippen LogP contribution in [0.4, 0.5) is 5.82 Å². The number of amides is 2. The molecule has 3 aliphatic rings. The molecular weight excluding hydrogens is 540 g/mol. The standard InChI is InChI=1S/C27H35ClN6O4S/c1-27(2,3)25(36)34-12-10-32(11-13-34)23-15-22(28)29-26(30-23)39-17-24(35)33-8-6-31(7-9-33)16-19-4-5-20-21(14-19)38-18-37-20/h4-5,14-15H,6-13,16-18H2,1-3H3. The van der Waals surface area contributed by atoms with Crippen molar-refractivity contribution in [1.29, 1.82) is 0 Å². The summed E-state index contributed by atoms with van der Waals surface area (Å²) in [5, 5.41) is 0.834. The van der Waals surface area contributed by atoms with E-state index in [1.54, 1.807) is 6.07 Å². The molecule has 2 saturated heterocycles. The van der Waals surface area contributed by atoms with Crippen LogP contribution < -0.4 is 14.4 Å². The van der Waals surface area contributed by atoms with Gasteiger partial charge in [0.2, 0.25) is 18.6 Å². The van der Waals surface area contributed by atoms with Gasteiger partial charge in [0.25, 0.3) is 0 Å². The highest BCUT2D eigenvalue weighted by molar-refractivity contribution is 7.99. The number of piperazine rings is 2. The predicted molar refractivity (Wildman–Crippen MR) is 150 cm³/mol. The minimum atomic E-state index is -0.392. The van der Waals surface area contributed by atoms with Crippen LogP contribution >= 0.6 is 23.4 Å². The quantitative estimate of drug-likeness (QED) is 0.293. The number of hydrogen-bond donors (Lipinski definition) is 0. The molecule has 0 aliphatic carbocycles. The van der Waals surface area contributed by atoms with E-state index in [1.807, 2.05) is 42.7 Å². The molecule has 4 heterocycles. The highest BCUT2D eigenvalue weighted by Gasteiger charge is 2.30. The number of fused-ring (bicyclic) bond motifs is 1. The number of carbonyl (C=O) groups excluding carboxylic acids is 2. The van der Waals surface area contributed by atoms with Gasteiger partial charge in [-0.15, -0.1) is 0 Å². The normalized spacial score (nSPS) is 18.0. The van der Waals surface area contributed by atoms with Gasteiger partial charge in [-0.1, -0.05) is 50.2 Å². The summed E-state index contributed by atoms with van der Waals surface area (Å²) >= 11 is 7.62. The second kappa shape index (κ2) is 11.8. The molecule has 2 amide bonds. The van der Waals surface area contributed by atoms with Crippen molar-refractivity contribution in [2.75, 3.05) is 69.8 Å². The van der Waals surface area contributed by atoms with Crippen molar-refractivity contribution in [3.05, 3.63) is 35.0 Å². The fourth-order valence-corrected chi connectivity index (χ4v) is 5.88. The Morgan fingerprint density at radius 2 is 1.62 bits per heavy atom. The van der Waals surface area contributed by atoms with Crippen molar-refractivity contribution in [2.45, 2.75) is 32.5 Å². The zero-order valence-corrected chi connectivity index (χ0v) is 24.3. The average molecular weight is 575 g/mol. The third-order valence-electron chi connectivity index (χ3n) is 7.09. The van der Waals surface area contributed by atoms with Crippen molar-refractivity contribution >= 4 is 41.0 Å². The Balaban J connectivity index is 1.09. The van der Waals surface area contributed by atoms with Crippen molar-refractivity contribution in [3.63, 3.8) is 0 Å². The first-order valence-corrected chi connectivity index (χ1v) is 14.6. The van der Waals surface area contributed by atoms with E-state index in [1.165, 1.54) is 17.3 Å². The number of anilines is 1. The van der Waals surface area contributed by atoms with Gasteiger partial charge in [0.05, 0.1) is 5.75 Å². The topological polar surface area (TPSA) is 91.3 Å². The molecule has 1 aromatic heterocycles. The Labute approximate surface area is 238 Å². The molecule has 0 spiro atoms. The molecule has 1 aromatic carbocycles. The van der Waals surface area contributed by atoms with Crippen LogP contribution in [0.2, 0.25) is 5.15 Å². The molecule has 3 aliphatic heterocycles. The molecule has 39 heavy (non-hydrogen) atoms. The van der Waals surface area contributed by atoms with E-state index in [-0.39, 0.29) is 24.4 Å². The molecule has 2 fully saturated rings. The number of aromatic nitrogens is 2. The predicted octanol–water partition coefficient (Wildman–Crippen LogP) is 2.99. The van der Waals surface area contributed by atoms with E-state index in [0.717, 1.165) is 37.0 Å². The van der Waals surface area contributed by atoms with Crippen molar-refractivity contribution in [2.24, 2.45) is 5.41 Å². The number of halogens is 1. The zero-order chi connectivity index (χ0) is 27.6. The van der Waals surface area contributed by atoms with Crippen molar-refractivity contribution in [1.82, 2.24) is 24.7 Å². The zero-order valence-electron chi connectivity index (χ0n) is 22.7. The first kappa shape index (κ1) is 27.8. The summed E-state index contributed by atoms with van der Waals surface area (Å²) in [6.07, 6.45) is 0. The highest BCUT2D eigenvalue weighted by Crippen LogP contribution is 2.33. The number of ether oxygens (including phenoxy) is 2. The van der Waals surface area contributed by atoms with Crippen LogP contribution in [0, 0.1) is 5.41 Å². The van der Waals surface area contributed by atoms with Crippen LogP contribution in [-0.2, 0) is 16.1 Å². The molecule has 0 bridgehead atoms. The summed E-state index contributed by atoms with van der Waals surface area (Å²) < 4.78 is 10.9. The second-order valence-electron chi connectivity index (χ2n) is 11.0. The number of nitrogens with zero attached hydrogens (tertiary/aromatic N) is 6. The van der Waals surface area contributed by atoms with Gasteiger partial charge < -0.3 is 24.2 Å². The van der Waals surface area contributed by atoms with E-state index in [2.05, 4.69) is 25.8 Å². The Morgan fingerprint density at radius 1 is 0.923 bits per heavy atom. The third kappa shape index (κ3) is 6.88. The average Bonchev–Trinajstić information content (AvgIpc) is 3.39. The lowest BCUT2D eigenvalue weighted by Gasteiger charge is -2.38. The highest BCUT2D eigenvalue weighted by atomic mass is 35.5. The molecule has 2 aromatic rings. The Bertz CT molecular complexity index is 1210. The van der Waals surface area contributed by atoms with Crippen LogP contribution in [0.15, 0.2) is 29.4 Å². The van der Waals surface area contributed by atoms with E-state index < -0.39 is 5.41 Å². The monoisotopic (exact) mass is 574 g/mol. The number of hydrogen-bond acceptors (Lipinski definition) is 9. The fraction of sp³-hybridized carbons (Fsp3) is 0.556. The van der Waals surface area contributed by atoms with E-state index in [4.69, 9.17) is 21.1 Å². The molecule has 0 radical (unpaired) electrons. The van der Waals surface area contributed by atoms with Crippen molar-refractivity contribution < 1.29 is 19.1 Å². The van der Waals surface area contributed by atoms with Crippen LogP contribution in [0.3, 0.4) is 0 Å². The lowest BCUT2D eigenvalue weighted by atomic mass is 9.94. The lowest BCUT2D eigenvalue weighted by Crippen LogP contribution is -2.51. The van der Waals surface area contributed by atoms with Crippen molar-refractivity contribution in [3.8, 4) is 11.5 Å². The molecule has 10 nitrogen and oxygen atoms in total. The van der Waals surface area contributed by atoms with Gasteiger partial charge in [0, 0.05) is 70.4 Å². The summed E-state index contributed by atoms with van der Waals surface area (Å²) in [4.78, 5) is 42.8. The van der Waals surface area contributed by atoms with Gasteiger partial charge >= 0.3 is 0 Å². The summed E-state index contributed by atoms with van der Waals surface area (Å²) in [5.74, 6) is 2.80. The maximum atomic E-state index is 12.9. The van der Waals surface area contributed by atoms with Crippen LogP contribution in [0.1, 0.15) is 26.3 Å². The SMILES string of the molecule is CC(C)(C)C(=O)N1CCN(c2cc(Cl)nc(SCC(=O)N3CCN(Cc4ccc5c(c4)OCO5)CC3)n2)CC1. The number of rotatable bonds is 6. The first-order valence-electron chi connectivity index (χ1n) is 13.3. The lowest BCUT2D eigenvalue weighted by molar-refractivity contribution is -0.139. The largest absolute Gasteiger partial charge is 0.454 e. The molecule has 0 N–H and O–H groups in total. The van der Waals surface area contributed by atoms with Gasteiger partial charge in [0.15, 0.2) is 16.7 Å². The van der Waals surface area contributed by atoms with Gasteiger partial charge in [-0.2, -0.15) is 0 Å².